The van der Waals surface area contributed by atoms with Gasteiger partial charge in [0.25, 0.3) is 0 Å². The molecule has 2 aromatic carbocycles. The number of nitrogens with one attached hydrogen (secondary N) is 2. The monoisotopic (exact) mass is 302 g/mol. The molecule has 116 valence electrons. The minimum Gasteiger partial charge on any atom is -0.396 e. The van der Waals surface area contributed by atoms with Crippen LogP contribution in [0.15, 0.2) is 54.6 Å². The first kappa shape index (κ1) is 16.0. The fourth-order valence-electron chi connectivity index (χ4n) is 2.18. The van der Waals surface area contributed by atoms with Gasteiger partial charge in [0, 0.05) is 6.61 Å². The Balaban J connectivity index is 2.03. The molecule has 0 heterocycles. The SMILES string of the molecule is O=C(Nc1ccccc1F)NC(CCCO)c1ccccc1. The summed E-state index contributed by atoms with van der Waals surface area (Å²) in [7, 11) is 0. The van der Waals surface area contributed by atoms with Crippen LogP contribution in [0.3, 0.4) is 0 Å². The second-order valence-corrected chi connectivity index (χ2v) is 4.91. The average Bonchev–Trinajstić information content (AvgIpc) is 2.54. The highest BCUT2D eigenvalue weighted by Gasteiger charge is 2.15. The summed E-state index contributed by atoms with van der Waals surface area (Å²) in [6.07, 6.45) is 1.17. The number of rotatable bonds is 6. The first-order valence-electron chi connectivity index (χ1n) is 7.18. The number of carbonyl (C=O) groups is 1. The molecule has 2 amide bonds. The Morgan fingerprint density at radius 3 is 2.45 bits per heavy atom. The van der Waals surface area contributed by atoms with Crippen LogP contribution in [-0.4, -0.2) is 17.7 Å². The van der Waals surface area contributed by atoms with Crippen molar-refractivity contribution in [1.29, 1.82) is 0 Å². The number of urea groups is 1. The molecule has 2 aromatic rings. The van der Waals surface area contributed by atoms with Crippen molar-refractivity contribution in [1.82, 2.24) is 5.32 Å². The maximum absolute atomic E-state index is 13.5. The number of aliphatic hydroxyl groups is 1. The first-order chi connectivity index (χ1) is 10.7. The Morgan fingerprint density at radius 2 is 1.77 bits per heavy atom. The van der Waals surface area contributed by atoms with E-state index in [1.807, 2.05) is 30.3 Å². The second-order valence-electron chi connectivity index (χ2n) is 4.91. The second kappa shape index (κ2) is 8.14. The van der Waals surface area contributed by atoms with Crippen LogP contribution >= 0.6 is 0 Å². The Morgan fingerprint density at radius 1 is 1.09 bits per heavy atom. The number of hydrogen-bond acceptors (Lipinski definition) is 2. The third-order valence-electron chi connectivity index (χ3n) is 3.28. The minimum atomic E-state index is -0.482. The topological polar surface area (TPSA) is 61.4 Å². The van der Waals surface area contributed by atoms with Crippen molar-refractivity contribution >= 4 is 11.7 Å². The van der Waals surface area contributed by atoms with E-state index in [4.69, 9.17) is 5.11 Å². The Labute approximate surface area is 129 Å². The van der Waals surface area contributed by atoms with E-state index in [-0.39, 0.29) is 18.3 Å². The lowest BCUT2D eigenvalue weighted by Gasteiger charge is -2.19. The van der Waals surface area contributed by atoms with Crippen LogP contribution in [0.5, 0.6) is 0 Å². The van der Waals surface area contributed by atoms with E-state index in [1.54, 1.807) is 12.1 Å². The lowest BCUT2D eigenvalue weighted by atomic mass is 10.0. The number of halogens is 1. The van der Waals surface area contributed by atoms with Crippen molar-refractivity contribution in [2.24, 2.45) is 0 Å². The molecule has 2 rings (SSSR count). The zero-order valence-corrected chi connectivity index (χ0v) is 12.1. The fraction of sp³-hybridized carbons (Fsp3) is 0.235. The maximum atomic E-state index is 13.5. The molecule has 1 unspecified atom stereocenters. The van der Waals surface area contributed by atoms with Crippen LogP contribution in [0.1, 0.15) is 24.4 Å². The summed E-state index contributed by atoms with van der Waals surface area (Å²) >= 11 is 0. The van der Waals surface area contributed by atoms with E-state index in [9.17, 15) is 9.18 Å². The highest BCUT2D eigenvalue weighted by Crippen LogP contribution is 2.19. The van der Waals surface area contributed by atoms with Gasteiger partial charge in [0.1, 0.15) is 5.82 Å². The molecule has 0 radical (unpaired) electrons. The summed E-state index contributed by atoms with van der Waals surface area (Å²) in [5.74, 6) is -0.482. The van der Waals surface area contributed by atoms with E-state index in [0.717, 1.165) is 5.56 Å². The number of anilines is 1. The van der Waals surface area contributed by atoms with Gasteiger partial charge in [0.05, 0.1) is 11.7 Å². The van der Waals surface area contributed by atoms with Gasteiger partial charge in [-0.3, -0.25) is 0 Å². The summed E-state index contributed by atoms with van der Waals surface area (Å²) in [5.41, 5.74) is 1.08. The van der Waals surface area contributed by atoms with Gasteiger partial charge >= 0.3 is 6.03 Å². The van der Waals surface area contributed by atoms with Crippen molar-refractivity contribution in [3.8, 4) is 0 Å². The average molecular weight is 302 g/mol. The van der Waals surface area contributed by atoms with Crippen LogP contribution in [0.4, 0.5) is 14.9 Å². The van der Waals surface area contributed by atoms with Crippen molar-refractivity contribution in [3.63, 3.8) is 0 Å². The number of hydrogen-bond donors (Lipinski definition) is 3. The summed E-state index contributed by atoms with van der Waals surface area (Å²) in [6.45, 7) is 0.0555. The van der Waals surface area contributed by atoms with E-state index >= 15 is 0 Å². The smallest absolute Gasteiger partial charge is 0.319 e. The molecule has 0 spiro atoms. The van der Waals surface area contributed by atoms with Crippen LogP contribution < -0.4 is 10.6 Å². The van der Waals surface area contributed by atoms with Crippen LogP contribution in [0.2, 0.25) is 0 Å². The van der Waals surface area contributed by atoms with Crippen molar-refractivity contribution < 1.29 is 14.3 Å². The molecule has 0 bridgehead atoms. The predicted molar refractivity (Wildman–Crippen MR) is 84.1 cm³/mol. The number of para-hydroxylation sites is 1. The molecule has 3 N–H and O–H groups in total. The van der Waals surface area contributed by atoms with Gasteiger partial charge in [-0.15, -0.1) is 0 Å². The van der Waals surface area contributed by atoms with Gasteiger partial charge in [-0.2, -0.15) is 0 Å². The first-order valence-corrected chi connectivity index (χ1v) is 7.18. The molecule has 0 fully saturated rings. The minimum absolute atomic E-state index is 0.0555. The molecule has 0 aromatic heterocycles. The number of amides is 2. The number of carbonyl (C=O) groups excluding carboxylic acids is 1. The predicted octanol–water partition coefficient (Wildman–Crippen LogP) is 3.46. The van der Waals surface area contributed by atoms with Gasteiger partial charge in [0.2, 0.25) is 0 Å². The molecule has 22 heavy (non-hydrogen) atoms. The number of aliphatic hydroxyl groups excluding tert-OH is 1. The van der Waals surface area contributed by atoms with Gasteiger partial charge in [-0.05, 0) is 30.5 Å². The lowest BCUT2D eigenvalue weighted by Crippen LogP contribution is -2.33. The molecule has 5 heteroatoms. The largest absolute Gasteiger partial charge is 0.396 e. The highest BCUT2D eigenvalue weighted by atomic mass is 19.1. The molecule has 4 nitrogen and oxygen atoms in total. The fourth-order valence-corrected chi connectivity index (χ4v) is 2.18. The van der Waals surface area contributed by atoms with Gasteiger partial charge in [-0.25, -0.2) is 9.18 Å². The molecule has 1 atom stereocenters. The van der Waals surface area contributed by atoms with E-state index in [0.29, 0.717) is 12.8 Å². The van der Waals surface area contributed by atoms with Crippen LogP contribution in [0.25, 0.3) is 0 Å². The quantitative estimate of drug-likeness (QED) is 0.765. The molecule has 0 aliphatic rings. The molecular formula is C17H19FN2O2. The summed E-state index contributed by atoms with van der Waals surface area (Å²) in [5, 5.41) is 14.3. The lowest BCUT2D eigenvalue weighted by molar-refractivity contribution is 0.243. The van der Waals surface area contributed by atoms with E-state index < -0.39 is 11.8 Å². The molecule has 0 aliphatic carbocycles. The third kappa shape index (κ3) is 4.56. The zero-order valence-electron chi connectivity index (χ0n) is 12.1. The highest BCUT2D eigenvalue weighted by molar-refractivity contribution is 5.89. The zero-order chi connectivity index (χ0) is 15.8. The van der Waals surface area contributed by atoms with Crippen molar-refractivity contribution in [2.75, 3.05) is 11.9 Å². The molecule has 0 aliphatic heterocycles. The van der Waals surface area contributed by atoms with Gasteiger partial charge < -0.3 is 15.7 Å². The van der Waals surface area contributed by atoms with Gasteiger partial charge in [-0.1, -0.05) is 42.5 Å². The van der Waals surface area contributed by atoms with Gasteiger partial charge in [0.15, 0.2) is 0 Å². The normalized spacial score (nSPS) is 11.7. The van der Waals surface area contributed by atoms with Crippen LogP contribution in [-0.2, 0) is 0 Å². The van der Waals surface area contributed by atoms with E-state index in [2.05, 4.69) is 10.6 Å². The summed E-state index contributed by atoms with van der Waals surface area (Å²) in [4.78, 5) is 12.1. The maximum Gasteiger partial charge on any atom is 0.319 e. The number of benzene rings is 2. The summed E-state index contributed by atoms with van der Waals surface area (Å²) in [6, 6.07) is 14.8. The Kier molecular flexibility index (Phi) is 5.91. The molecule has 0 saturated carbocycles. The van der Waals surface area contributed by atoms with Crippen molar-refractivity contribution in [2.45, 2.75) is 18.9 Å². The Bertz CT molecular complexity index is 605. The third-order valence-corrected chi connectivity index (χ3v) is 3.28. The molecular weight excluding hydrogens is 283 g/mol. The van der Waals surface area contributed by atoms with E-state index in [1.165, 1.54) is 12.1 Å². The summed E-state index contributed by atoms with van der Waals surface area (Å²) < 4.78 is 13.5. The van der Waals surface area contributed by atoms with Crippen LogP contribution in [0, 0.1) is 5.82 Å². The Hall–Kier alpha value is -2.40. The van der Waals surface area contributed by atoms with Crippen molar-refractivity contribution in [3.05, 3.63) is 66.0 Å². The standard InChI is InChI=1S/C17H19FN2O2/c18-14-9-4-5-10-16(14)20-17(22)19-15(11-6-12-21)13-7-2-1-3-8-13/h1-5,7-10,15,21H,6,11-12H2,(H2,19,20,22). The molecule has 0 saturated heterocycles.